The molecule has 0 atom stereocenters. The summed E-state index contributed by atoms with van der Waals surface area (Å²) in [7, 11) is 1.69. The van der Waals surface area contributed by atoms with Crippen molar-refractivity contribution in [2.24, 2.45) is 0 Å². The Morgan fingerprint density at radius 2 is 1.96 bits per heavy atom. The van der Waals surface area contributed by atoms with Crippen LogP contribution in [0, 0.1) is 0 Å². The normalized spacial score (nSPS) is 14.1. The number of hydrogen-bond acceptors (Lipinski definition) is 5. The molecule has 0 bridgehead atoms. The number of amides is 1. The predicted molar refractivity (Wildman–Crippen MR) is 109 cm³/mol. The molecule has 1 aliphatic heterocycles. The zero-order chi connectivity index (χ0) is 19.1. The number of carbonyl (C=O) groups excluding carboxylic acids is 1. The Balaban J connectivity index is 1.61. The minimum Gasteiger partial charge on any atom is -0.495 e. The Morgan fingerprint density at radius 3 is 2.70 bits per heavy atom. The molecule has 0 radical (unpaired) electrons. The van der Waals surface area contributed by atoms with E-state index in [9.17, 15) is 4.79 Å². The number of carbonyl (C=O) groups is 1. The summed E-state index contributed by atoms with van der Waals surface area (Å²) in [6, 6.07) is 11.8. The third-order valence-electron chi connectivity index (χ3n) is 4.83. The Bertz CT molecular complexity index is 757. The summed E-state index contributed by atoms with van der Waals surface area (Å²) in [5.74, 6) is 0.860. The molecule has 0 aliphatic carbocycles. The van der Waals surface area contributed by atoms with Crippen molar-refractivity contribution in [2.45, 2.75) is 19.8 Å². The van der Waals surface area contributed by atoms with Crippen molar-refractivity contribution in [1.29, 1.82) is 0 Å². The van der Waals surface area contributed by atoms with Gasteiger partial charge in [-0.2, -0.15) is 0 Å². The summed E-state index contributed by atoms with van der Waals surface area (Å²) in [6.07, 6.45) is 3.95. The molecule has 2 aromatic rings. The zero-order valence-electron chi connectivity index (χ0n) is 16.1. The van der Waals surface area contributed by atoms with Crippen molar-refractivity contribution in [3.05, 3.63) is 48.3 Å². The molecule has 1 saturated heterocycles. The lowest BCUT2D eigenvalue weighted by Crippen LogP contribution is -2.49. The number of piperazine rings is 1. The Hall–Kier alpha value is -2.76. The van der Waals surface area contributed by atoms with Gasteiger partial charge in [0.2, 0.25) is 0 Å². The van der Waals surface area contributed by atoms with Crippen LogP contribution in [-0.2, 0) is 0 Å². The number of unbranched alkanes of at least 4 members (excludes halogenated alkanes) is 1. The second kappa shape index (κ2) is 9.26. The van der Waals surface area contributed by atoms with Gasteiger partial charge in [0.1, 0.15) is 11.4 Å². The molecule has 6 nitrogen and oxygen atoms in total. The fourth-order valence-electron chi connectivity index (χ4n) is 3.27. The van der Waals surface area contributed by atoms with Crippen molar-refractivity contribution in [3.8, 4) is 5.75 Å². The monoisotopic (exact) mass is 368 g/mol. The van der Waals surface area contributed by atoms with Crippen LogP contribution >= 0.6 is 0 Å². The molecule has 1 aromatic heterocycles. The average Bonchev–Trinajstić information content (AvgIpc) is 2.74. The van der Waals surface area contributed by atoms with Crippen molar-refractivity contribution >= 4 is 17.3 Å². The van der Waals surface area contributed by atoms with Gasteiger partial charge in [0.25, 0.3) is 5.91 Å². The molecular weight excluding hydrogens is 340 g/mol. The first kappa shape index (κ1) is 19.0. The SMILES string of the molecule is CCCCNc1ccnc(C(=O)N2CCN(c3ccccc3OC)CC2)c1. The van der Waals surface area contributed by atoms with Crippen molar-refractivity contribution < 1.29 is 9.53 Å². The molecule has 0 saturated carbocycles. The number of aromatic nitrogens is 1. The van der Waals surface area contributed by atoms with Gasteiger partial charge in [-0.3, -0.25) is 9.78 Å². The van der Waals surface area contributed by atoms with Crippen molar-refractivity contribution in [3.63, 3.8) is 0 Å². The molecule has 2 heterocycles. The van der Waals surface area contributed by atoms with E-state index < -0.39 is 0 Å². The van der Waals surface area contributed by atoms with E-state index in [4.69, 9.17) is 4.74 Å². The van der Waals surface area contributed by atoms with Gasteiger partial charge in [-0.1, -0.05) is 25.5 Å². The van der Waals surface area contributed by atoms with Gasteiger partial charge in [0.15, 0.2) is 0 Å². The number of benzene rings is 1. The maximum absolute atomic E-state index is 12.8. The summed E-state index contributed by atoms with van der Waals surface area (Å²) < 4.78 is 5.46. The Kier molecular flexibility index (Phi) is 6.52. The number of anilines is 2. The molecule has 6 heteroatoms. The van der Waals surface area contributed by atoms with Gasteiger partial charge in [0, 0.05) is 44.6 Å². The van der Waals surface area contributed by atoms with Crippen LogP contribution in [0.25, 0.3) is 0 Å². The van der Waals surface area contributed by atoms with Crippen LogP contribution in [0.2, 0.25) is 0 Å². The lowest BCUT2D eigenvalue weighted by Gasteiger charge is -2.36. The van der Waals surface area contributed by atoms with Crippen LogP contribution in [0.4, 0.5) is 11.4 Å². The third-order valence-corrected chi connectivity index (χ3v) is 4.83. The largest absolute Gasteiger partial charge is 0.495 e. The highest BCUT2D eigenvalue weighted by Crippen LogP contribution is 2.28. The molecule has 0 unspecified atom stereocenters. The van der Waals surface area contributed by atoms with Gasteiger partial charge < -0.3 is 19.9 Å². The van der Waals surface area contributed by atoms with Crippen molar-refractivity contribution in [2.75, 3.05) is 50.1 Å². The lowest BCUT2D eigenvalue weighted by atomic mass is 10.2. The Morgan fingerprint density at radius 1 is 1.19 bits per heavy atom. The van der Waals surface area contributed by atoms with Crippen LogP contribution in [0.3, 0.4) is 0 Å². The fourth-order valence-corrected chi connectivity index (χ4v) is 3.27. The number of methoxy groups -OCH3 is 1. The fraction of sp³-hybridized carbons (Fsp3) is 0.429. The van der Waals surface area contributed by atoms with Gasteiger partial charge in [-0.15, -0.1) is 0 Å². The predicted octanol–water partition coefficient (Wildman–Crippen LogP) is 3.26. The van der Waals surface area contributed by atoms with E-state index in [2.05, 4.69) is 28.2 Å². The number of ether oxygens (including phenoxy) is 1. The molecule has 1 aliphatic rings. The summed E-state index contributed by atoms with van der Waals surface area (Å²) >= 11 is 0. The maximum atomic E-state index is 12.8. The molecule has 1 fully saturated rings. The number of rotatable bonds is 7. The van der Waals surface area contributed by atoms with Crippen LogP contribution < -0.4 is 15.0 Å². The van der Waals surface area contributed by atoms with E-state index in [0.29, 0.717) is 18.8 Å². The second-order valence-corrected chi connectivity index (χ2v) is 6.66. The summed E-state index contributed by atoms with van der Waals surface area (Å²) in [6.45, 7) is 5.97. The quantitative estimate of drug-likeness (QED) is 0.760. The van der Waals surface area contributed by atoms with E-state index in [0.717, 1.165) is 49.6 Å². The van der Waals surface area contributed by atoms with E-state index in [1.165, 1.54) is 0 Å². The van der Waals surface area contributed by atoms with E-state index in [1.807, 2.05) is 35.2 Å². The average molecular weight is 368 g/mol. The van der Waals surface area contributed by atoms with Gasteiger partial charge in [-0.25, -0.2) is 0 Å². The highest BCUT2D eigenvalue weighted by atomic mass is 16.5. The van der Waals surface area contributed by atoms with Crippen LogP contribution in [0.15, 0.2) is 42.6 Å². The van der Waals surface area contributed by atoms with Crippen molar-refractivity contribution in [1.82, 2.24) is 9.88 Å². The second-order valence-electron chi connectivity index (χ2n) is 6.66. The van der Waals surface area contributed by atoms with Crippen LogP contribution in [-0.4, -0.2) is 55.6 Å². The standard InChI is InChI=1S/C21H28N4O2/c1-3-4-10-22-17-9-11-23-18(16-17)21(26)25-14-12-24(13-15-25)19-7-5-6-8-20(19)27-2/h5-9,11,16H,3-4,10,12-15H2,1-2H3,(H,22,23). The number of hydrogen-bond donors (Lipinski definition) is 1. The third kappa shape index (κ3) is 4.70. The van der Waals surface area contributed by atoms with E-state index in [1.54, 1.807) is 13.3 Å². The Labute approximate surface area is 161 Å². The first-order valence-electron chi connectivity index (χ1n) is 9.60. The maximum Gasteiger partial charge on any atom is 0.272 e. The molecule has 1 N–H and O–H groups in total. The minimum atomic E-state index is -0.00572. The van der Waals surface area contributed by atoms with Gasteiger partial charge in [-0.05, 0) is 30.7 Å². The minimum absolute atomic E-state index is 0.00572. The summed E-state index contributed by atoms with van der Waals surface area (Å²) in [4.78, 5) is 21.3. The zero-order valence-corrected chi connectivity index (χ0v) is 16.1. The molecule has 0 spiro atoms. The molecule has 144 valence electrons. The number of pyridine rings is 1. The highest BCUT2D eigenvalue weighted by Gasteiger charge is 2.24. The molecule has 1 amide bonds. The smallest absolute Gasteiger partial charge is 0.272 e. The van der Waals surface area contributed by atoms with Crippen LogP contribution in [0.1, 0.15) is 30.3 Å². The first-order valence-corrected chi connectivity index (χ1v) is 9.60. The van der Waals surface area contributed by atoms with Gasteiger partial charge in [0.05, 0.1) is 12.8 Å². The molecule has 3 rings (SSSR count). The molecular formula is C21H28N4O2. The summed E-state index contributed by atoms with van der Waals surface area (Å²) in [5.41, 5.74) is 2.53. The number of para-hydroxylation sites is 2. The first-order chi connectivity index (χ1) is 13.2. The molecule has 1 aromatic carbocycles. The number of nitrogens with zero attached hydrogens (tertiary/aromatic N) is 3. The van der Waals surface area contributed by atoms with Gasteiger partial charge >= 0.3 is 0 Å². The van der Waals surface area contributed by atoms with E-state index in [-0.39, 0.29) is 5.91 Å². The highest BCUT2D eigenvalue weighted by molar-refractivity contribution is 5.93. The topological polar surface area (TPSA) is 57.7 Å². The molecule has 27 heavy (non-hydrogen) atoms. The number of nitrogens with one attached hydrogen (secondary N) is 1. The van der Waals surface area contributed by atoms with E-state index >= 15 is 0 Å². The van der Waals surface area contributed by atoms with Crippen LogP contribution in [0.5, 0.6) is 5.75 Å². The summed E-state index contributed by atoms with van der Waals surface area (Å²) in [5, 5.41) is 3.35. The lowest BCUT2D eigenvalue weighted by molar-refractivity contribution is 0.0741.